The van der Waals surface area contributed by atoms with Crippen LogP contribution in [0.2, 0.25) is 0 Å². The third-order valence-electron chi connectivity index (χ3n) is 2.58. The molecule has 0 unspecified atom stereocenters. The highest BCUT2D eigenvalue weighted by atomic mass is 32.1. The van der Waals surface area contributed by atoms with Gasteiger partial charge in [-0.25, -0.2) is 9.59 Å². The van der Waals surface area contributed by atoms with Gasteiger partial charge in [-0.2, -0.15) is 0 Å². The minimum absolute atomic E-state index is 0.297. The predicted molar refractivity (Wildman–Crippen MR) is 70.4 cm³/mol. The van der Waals surface area contributed by atoms with Crippen LogP contribution in [0.25, 0.3) is 0 Å². The minimum atomic E-state index is -0.981. The van der Waals surface area contributed by atoms with Crippen molar-refractivity contribution in [2.45, 2.75) is 19.4 Å². The summed E-state index contributed by atoms with van der Waals surface area (Å²) < 4.78 is 9.62. The molecule has 0 radical (unpaired) electrons. The maximum absolute atomic E-state index is 11.2. The molecule has 19 heavy (non-hydrogen) atoms. The Morgan fingerprint density at radius 2 is 2.26 bits per heavy atom. The summed E-state index contributed by atoms with van der Waals surface area (Å²) in [4.78, 5) is 24.2. The summed E-state index contributed by atoms with van der Waals surface area (Å²) >= 11 is 1.45. The second-order valence-corrected chi connectivity index (χ2v) is 4.71. The third-order valence-corrected chi connectivity index (χ3v) is 3.54. The highest BCUT2D eigenvalue weighted by molar-refractivity contribution is 7.10. The quantitative estimate of drug-likeness (QED) is 0.814. The molecule has 0 aliphatic rings. The Kier molecular flexibility index (Phi) is 6.14. The first-order chi connectivity index (χ1) is 9.08. The van der Waals surface area contributed by atoms with E-state index in [-0.39, 0.29) is 0 Å². The van der Waals surface area contributed by atoms with Crippen LogP contribution in [0.15, 0.2) is 17.5 Å². The Labute approximate surface area is 115 Å². The fraction of sp³-hybridized carbons (Fsp3) is 0.500. The van der Waals surface area contributed by atoms with Gasteiger partial charge in [0.2, 0.25) is 0 Å². The van der Waals surface area contributed by atoms with Crippen molar-refractivity contribution in [3.8, 4) is 0 Å². The molecular formula is C12H17NO5S. The molecule has 0 saturated heterocycles. The SMILES string of the molecule is CCN(CC[C@@H](OC(=O)OC)c1cccs1)C(=O)O. The summed E-state index contributed by atoms with van der Waals surface area (Å²) in [6.07, 6.45) is -1.83. The molecule has 0 saturated carbocycles. The third kappa shape index (κ3) is 4.78. The highest BCUT2D eigenvalue weighted by Gasteiger charge is 2.20. The van der Waals surface area contributed by atoms with Crippen molar-refractivity contribution < 1.29 is 24.2 Å². The van der Waals surface area contributed by atoms with Crippen LogP contribution in [0.4, 0.5) is 9.59 Å². The van der Waals surface area contributed by atoms with Crippen molar-refractivity contribution in [3.05, 3.63) is 22.4 Å². The summed E-state index contributed by atoms with van der Waals surface area (Å²) in [5.41, 5.74) is 0. The molecular weight excluding hydrogens is 270 g/mol. The largest absolute Gasteiger partial charge is 0.508 e. The zero-order valence-electron chi connectivity index (χ0n) is 10.9. The molecule has 0 aliphatic heterocycles. The molecule has 1 N–H and O–H groups in total. The van der Waals surface area contributed by atoms with E-state index in [1.807, 2.05) is 17.5 Å². The average Bonchev–Trinajstić information content (AvgIpc) is 2.91. The smallest absolute Gasteiger partial charge is 0.465 e. The van der Waals surface area contributed by atoms with E-state index in [9.17, 15) is 9.59 Å². The molecule has 106 valence electrons. The van der Waals surface area contributed by atoms with Crippen molar-refractivity contribution in [2.24, 2.45) is 0 Å². The predicted octanol–water partition coefficient (Wildman–Crippen LogP) is 2.96. The lowest BCUT2D eigenvalue weighted by molar-refractivity contribution is 0.0310. The first-order valence-electron chi connectivity index (χ1n) is 5.84. The molecule has 1 aromatic heterocycles. The standard InChI is InChI=1S/C12H17NO5S/c1-3-13(11(14)15)7-6-9(18-12(16)17-2)10-5-4-8-19-10/h4-5,8-9H,3,6-7H2,1-2H3,(H,14,15)/t9-/m1/s1. The van der Waals surface area contributed by atoms with Crippen LogP contribution in [0.1, 0.15) is 24.3 Å². The van der Waals surface area contributed by atoms with Gasteiger partial charge in [0.1, 0.15) is 6.10 Å². The van der Waals surface area contributed by atoms with E-state index in [0.717, 1.165) is 4.88 Å². The van der Waals surface area contributed by atoms with Crippen LogP contribution in [-0.4, -0.2) is 42.5 Å². The number of hydrogen-bond acceptors (Lipinski definition) is 5. The van der Waals surface area contributed by atoms with E-state index in [1.54, 1.807) is 6.92 Å². The van der Waals surface area contributed by atoms with Crippen LogP contribution in [0, 0.1) is 0 Å². The van der Waals surface area contributed by atoms with Gasteiger partial charge in [-0.1, -0.05) is 6.07 Å². The number of hydrogen-bond donors (Lipinski definition) is 1. The summed E-state index contributed by atoms with van der Waals surface area (Å²) in [6.45, 7) is 2.45. The molecule has 1 atom stereocenters. The number of thiophene rings is 1. The second kappa shape index (κ2) is 7.63. The maximum atomic E-state index is 11.2. The lowest BCUT2D eigenvalue weighted by Gasteiger charge is -2.21. The fourth-order valence-electron chi connectivity index (χ4n) is 1.56. The Bertz CT molecular complexity index is 406. The zero-order chi connectivity index (χ0) is 14.3. The topological polar surface area (TPSA) is 76.1 Å². The van der Waals surface area contributed by atoms with Crippen molar-refractivity contribution in [3.63, 3.8) is 0 Å². The number of rotatable bonds is 6. The maximum Gasteiger partial charge on any atom is 0.508 e. The molecule has 1 amide bonds. The monoisotopic (exact) mass is 287 g/mol. The average molecular weight is 287 g/mol. The van der Waals surface area contributed by atoms with E-state index in [1.165, 1.54) is 23.3 Å². The van der Waals surface area contributed by atoms with Gasteiger partial charge < -0.3 is 19.5 Å². The van der Waals surface area contributed by atoms with Gasteiger partial charge in [-0.05, 0) is 18.4 Å². The fourth-order valence-corrected chi connectivity index (χ4v) is 2.35. The van der Waals surface area contributed by atoms with Gasteiger partial charge in [0.25, 0.3) is 0 Å². The zero-order valence-corrected chi connectivity index (χ0v) is 11.7. The second-order valence-electron chi connectivity index (χ2n) is 3.73. The molecule has 1 aromatic rings. The van der Waals surface area contributed by atoms with Crippen LogP contribution in [0.3, 0.4) is 0 Å². The Morgan fingerprint density at radius 3 is 2.74 bits per heavy atom. The van der Waals surface area contributed by atoms with Crippen molar-refractivity contribution in [2.75, 3.05) is 20.2 Å². The Hall–Kier alpha value is -1.76. The summed E-state index contributed by atoms with van der Waals surface area (Å²) in [7, 11) is 1.24. The molecule has 7 heteroatoms. The Morgan fingerprint density at radius 1 is 1.53 bits per heavy atom. The van der Waals surface area contributed by atoms with E-state index in [4.69, 9.17) is 9.84 Å². The molecule has 0 aliphatic carbocycles. The van der Waals surface area contributed by atoms with Crippen LogP contribution >= 0.6 is 11.3 Å². The van der Waals surface area contributed by atoms with Crippen LogP contribution in [0.5, 0.6) is 0 Å². The molecule has 1 heterocycles. The first-order valence-corrected chi connectivity index (χ1v) is 6.72. The summed E-state index contributed by atoms with van der Waals surface area (Å²) in [6, 6.07) is 3.69. The molecule has 1 rings (SSSR count). The molecule has 0 aromatic carbocycles. The van der Waals surface area contributed by atoms with Crippen molar-refractivity contribution >= 4 is 23.6 Å². The van der Waals surface area contributed by atoms with E-state index >= 15 is 0 Å². The molecule has 0 fully saturated rings. The minimum Gasteiger partial charge on any atom is -0.465 e. The number of amides is 1. The number of nitrogens with zero attached hydrogens (tertiary/aromatic N) is 1. The normalized spacial score (nSPS) is 11.7. The number of methoxy groups -OCH3 is 1. The van der Waals surface area contributed by atoms with Crippen molar-refractivity contribution in [1.82, 2.24) is 4.90 Å². The molecule has 0 spiro atoms. The van der Waals surface area contributed by atoms with Gasteiger partial charge in [0, 0.05) is 24.4 Å². The molecule has 6 nitrogen and oxygen atoms in total. The summed E-state index contributed by atoms with van der Waals surface area (Å²) in [5, 5.41) is 10.8. The highest BCUT2D eigenvalue weighted by Crippen LogP contribution is 2.26. The number of carbonyl (C=O) groups excluding carboxylic acids is 1. The summed E-state index contributed by atoms with van der Waals surface area (Å²) in [5.74, 6) is 0. The van der Waals surface area contributed by atoms with E-state index in [0.29, 0.717) is 19.5 Å². The van der Waals surface area contributed by atoms with Gasteiger partial charge in [0.15, 0.2) is 0 Å². The number of ether oxygens (including phenoxy) is 2. The van der Waals surface area contributed by atoms with Gasteiger partial charge in [-0.3, -0.25) is 0 Å². The number of carboxylic acid groups (broad SMARTS) is 1. The Balaban J connectivity index is 2.64. The van der Waals surface area contributed by atoms with E-state index in [2.05, 4.69) is 4.74 Å². The van der Waals surface area contributed by atoms with Crippen LogP contribution in [-0.2, 0) is 9.47 Å². The van der Waals surface area contributed by atoms with Crippen molar-refractivity contribution in [1.29, 1.82) is 0 Å². The lowest BCUT2D eigenvalue weighted by Crippen LogP contribution is -2.31. The van der Waals surface area contributed by atoms with E-state index < -0.39 is 18.4 Å². The lowest BCUT2D eigenvalue weighted by atomic mass is 10.2. The first kappa shape index (κ1) is 15.3. The number of carbonyl (C=O) groups is 2. The molecule has 0 bridgehead atoms. The van der Waals surface area contributed by atoms with Crippen LogP contribution < -0.4 is 0 Å². The van der Waals surface area contributed by atoms with Gasteiger partial charge in [-0.15, -0.1) is 11.3 Å². The van der Waals surface area contributed by atoms with Gasteiger partial charge >= 0.3 is 12.2 Å². The van der Waals surface area contributed by atoms with Gasteiger partial charge in [0.05, 0.1) is 7.11 Å².